The Hall–Kier alpha value is -2.68. The third-order valence-corrected chi connectivity index (χ3v) is 8.70. The highest BCUT2D eigenvalue weighted by atomic mass is 19.1. The zero-order valence-corrected chi connectivity index (χ0v) is 22.8. The topological polar surface area (TPSA) is 76.3 Å². The van der Waals surface area contributed by atoms with Crippen molar-refractivity contribution in [1.82, 2.24) is 24.6 Å². The van der Waals surface area contributed by atoms with E-state index < -0.39 is 11.0 Å². The van der Waals surface area contributed by atoms with Crippen LogP contribution in [0.3, 0.4) is 0 Å². The second-order valence-electron chi connectivity index (χ2n) is 12.2. The quantitative estimate of drug-likeness (QED) is 0.473. The summed E-state index contributed by atoms with van der Waals surface area (Å²) in [5.74, 6) is 1.77. The van der Waals surface area contributed by atoms with Crippen LogP contribution in [0, 0.1) is 11.2 Å². The standard InChI is InChI=1S/C30H38FN5O2/c1-19(2)25-8-5-22(14-26(25)31)30(37,29(3)17-35(4)18-29)23-13-21(15-32-16-23)27-33-28(20-9-11-38-12-10-20)36(34-27)24-6-7-24/h5,8,13-16,19-20,24,37H,6-7,9-12,17-18H2,1-4H3. The average Bonchev–Trinajstić information content (AvgIpc) is 3.65. The molecule has 8 heteroatoms. The number of ether oxygens (including phenoxy) is 1. The second-order valence-corrected chi connectivity index (χ2v) is 12.2. The van der Waals surface area contributed by atoms with Gasteiger partial charge in [0, 0.05) is 61.2 Å². The highest BCUT2D eigenvalue weighted by molar-refractivity contribution is 5.56. The van der Waals surface area contributed by atoms with Gasteiger partial charge in [-0.1, -0.05) is 32.9 Å². The summed E-state index contributed by atoms with van der Waals surface area (Å²) < 4.78 is 22.9. The first kappa shape index (κ1) is 25.6. The third kappa shape index (κ3) is 4.27. The molecule has 3 fully saturated rings. The predicted octanol–water partition coefficient (Wildman–Crippen LogP) is 5.02. The highest BCUT2D eigenvalue weighted by Crippen LogP contribution is 2.51. The number of aromatic nitrogens is 4. The summed E-state index contributed by atoms with van der Waals surface area (Å²) in [5.41, 5.74) is 0.660. The molecule has 4 heterocycles. The van der Waals surface area contributed by atoms with Gasteiger partial charge in [-0.05, 0) is 61.9 Å². The predicted molar refractivity (Wildman–Crippen MR) is 143 cm³/mol. The van der Waals surface area contributed by atoms with E-state index in [1.165, 1.54) is 6.07 Å². The smallest absolute Gasteiger partial charge is 0.182 e. The summed E-state index contributed by atoms with van der Waals surface area (Å²) in [6.07, 6.45) is 7.63. The lowest BCUT2D eigenvalue weighted by molar-refractivity contribution is -0.127. The molecule has 3 aromatic rings. The van der Waals surface area contributed by atoms with Crippen molar-refractivity contribution in [3.05, 3.63) is 65.0 Å². The maximum absolute atomic E-state index is 15.2. The molecule has 1 N–H and O–H groups in total. The first-order valence-corrected chi connectivity index (χ1v) is 13.9. The largest absolute Gasteiger partial charge is 0.381 e. The SMILES string of the molecule is CC(C)c1ccc(C(O)(c2cncc(-c3nc(C4CCOCC4)n(C4CC4)n3)c2)C2(C)CN(C)C2)cc1F. The first-order chi connectivity index (χ1) is 18.2. The molecule has 1 atom stereocenters. The zero-order chi connectivity index (χ0) is 26.7. The molecule has 7 nitrogen and oxygen atoms in total. The van der Waals surface area contributed by atoms with Crippen LogP contribution in [0.25, 0.3) is 11.4 Å². The van der Waals surface area contributed by atoms with Gasteiger partial charge in [-0.3, -0.25) is 4.98 Å². The van der Waals surface area contributed by atoms with Crippen molar-refractivity contribution in [3.63, 3.8) is 0 Å². The van der Waals surface area contributed by atoms with Crippen molar-refractivity contribution in [2.45, 2.75) is 69.9 Å². The molecule has 1 unspecified atom stereocenters. The van der Waals surface area contributed by atoms with Crippen LogP contribution >= 0.6 is 0 Å². The minimum absolute atomic E-state index is 0.0603. The van der Waals surface area contributed by atoms with Crippen molar-refractivity contribution in [1.29, 1.82) is 0 Å². The van der Waals surface area contributed by atoms with E-state index >= 15 is 4.39 Å². The van der Waals surface area contributed by atoms with Gasteiger partial charge in [-0.2, -0.15) is 5.10 Å². The molecule has 202 valence electrons. The molecule has 0 radical (unpaired) electrons. The maximum atomic E-state index is 15.2. The van der Waals surface area contributed by atoms with Crippen molar-refractivity contribution >= 4 is 0 Å². The number of hydrogen-bond donors (Lipinski definition) is 1. The lowest BCUT2D eigenvalue weighted by Gasteiger charge is -2.55. The Balaban J connectivity index is 1.43. The Labute approximate surface area is 224 Å². The Morgan fingerprint density at radius 1 is 1.08 bits per heavy atom. The van der Waals surface area contributed by atoms with Gasteiger partial charge in [-0.25, -0.2) is 14.1 Å². The molecule has 1 aliphatic carbocycles. The minimum Gasteiger partial charge on any atom is -0.381 e. The van der Waals surface area contributed by atoms with E-state index in [4.69, 9.17) is 14.8 Å². The summed E-state index contributed by atoms with van der Waals surface area (Å²) in [6, 6.07) is 7.55. The lowest BCUT2D eigenvalue weighted by Crippen LogP contribution is -2.63. The Morgan fingerprint density at radius 2 is 1.82 bits per heavy atom. The van der Waals surface area contributed by atoms with Gasteiger partial charge in [0.25, 0.3) is 0 Å². The van der Waals surface area contributed by atoms with Gasteiger partial charge >= 0.3 is 0 Å². The molecule has 0 bridgehead atoms. The molecule has 0 amide bonds. The summed E-state index contributed by atoms with van der Waals surface area (Å²) in [4.78, 5) is 11.7. The fourth-order valence-corrected chi connectivity index (χ4v) is 6.50. The molecule has 6 rings (SSSR count). The van der Waals surface area contributed by atoms with Crippen LogP contribution in [-0.4, -0.2) is 63.1 Å². The fourth-order valence-electron chi connectivity index (χ4n) is 6.50. The molecule has 2 aromatic heterocycles. The number of halogens is 1. The van der Waals surface area contributed by atoms with Gasteiger partial charge in [0.1, 0.15) is 17.2 Å². The number of aliphatic hydroxyl groups is 1. The average molecular weight is 520 g/mol. The molecule has 1 aromatic carbocycles. The maximum Gasteiger partial charge on any atom is 0.182 e. The normalized spacial score (nSPS) is 21.9. The van der Waals surface area contributed by atoms with Crippen LogP contribution in [0.15, 0.2) is 36.7 Å². The Morgan fingerprint density at radius 3 is 2.45 bits per heavy atom. The zero-order valence-electron chi connectivity index (χ0n) is 22.8. The van der Waals surface area contributed by atoms with E-state index in [2.05, 4.69) is 21.5 Å². The van der Waals surface area contributed by atoms with Crippen molar-refractivity contribution in [2.75, 3.05) is 33.4 Å². The first-order valence-electron chi connectivity index (χ1n) is 13.9. The number of nitrogens with zero attached hydrogens (tertiary/aromatic N) is 5. The molecule has 3 aliphatic rings. The van der Waals surface area contributed by atoms with Crippen LogP contribution in [0.5, 0.6) is 0 Å². The number of likely N-dealkylation sites (tertiary alicyclic amines) is 1. The van der Waals surface area contributed by atoms with Crippen LogP contribution in [-0.2, 0) is 10.3 Å². The van der Waals surface area contributed by atoms with E-state index in [-0.39, 0.29) is 11.7 Å². The van der Waals surface area contributed by atoms with Crippen LogP contribution in [0.4, 0.5) is 4.39 Å². The molecular weight excluding hydrogens is 481 g/mol. The van der Waals surface area contributed by atoms with Crippen molar-refractivity contribution < 1.29 is 14.2 Å². The van der Waals surface area contributed by atoms with Gasteiger partial charge in [0.05, 0.1) is 6.04 Å². The van der Waals surface area contributed by atoms with E-state index in [1.807, 2.05) is 39.1 Å². The van der Waals surface area contributed by atoms with E-state index in [1.54, 1.807) is 12.4 Å². The number of benzene rings is 1. The van der Waals surface area contributed by atoms with Gasteiger partial charge in [0.15, 0.2) is 5.82 Å². The Kier molecular flexibility index (Phi) is 6.40. The number of rotatable bonds is 7. The number of pyridine rings is 1. The van der Waals surface area contributed by atoms with E-state index in [0.717, 1.165) is 50.3 Å². The number of hydrogen-bond acceptors (Lipinski definition) is 6. The summed E-state index contributed by atoms with van der Waals surface area (Å²) in [6.45, 7) is 8.89. The molecule has 0 spiro atoms. The van der Waals surface area contributed by atoms with Crippen molar-refractivity contribution in [2.24, 2.45) is 5.41 Å². The van der Waals surface area contributed by atoms with Crippen LogP contribution < -0.4 is 0 Å². The molecule has 1 saturated carbocycles. The molecular formula is C30H38FN5O2. The molecule has 2 saturated heterocycles. The molecule has 2 aliphatic heterocycles. The fraction of sp³-hybridized carbons (Fsp3) is 0.567. The highest BCUT2D eigenvalue weighted by Gasteiger charge is 2.55. The lowest BCUT2D eigenvalue weighted by atomic mass is 9.62. The summed E-state index contributed by atoms with van der Waals surface area (Å²) in [5, 5.41) is 17.5. The van der Waals surface area contributed by atoms with Crippen molar-refractivity contribution in [3.8, 4) is 11.4 Å². The van der Waals surface area contributed by atoms with E-state index in [0.29, 0.717) is 47.6 Å². The van der Waals surface area contributed by atoms with Gasteiger partial charge in [-0.15, -0.1) is 0 Å². The van der Waals surface area contributed by atoms with E-state index in [9.17, 15) is 5.11 Å². The van der Waals surface area contributed by atoms with Crippen LogP contribution in [0.1, 0.15) is 86.8 Å². The Bertz CT molecular complexity index is 1320. The van der Waals surface area contributed by atoms with Gasteiger partial charge in [0.2, 0.25) is 0 Å². The van der Waals surface area contributed by atoms with Crippen LogP contribution in [0.2, 0.25) is 0 Å². The summed E-state index contributed by atoms with van der Waals surface area (Å²) in [7, 11) is 2.03. The third-order valence-electron chi connectivity index (χ3n) is 8.70. The molecule has 38 heavy (non-hydrogen) atoms. The monoisotopic (exact) mass is 519 g/mol. The minimum atomic E-state index is -1.43. The second kappa shape index (κ2) is 9.50. The van der Waals surface area contributed by atoms with Gasteiger partial charge < -0.3 is 14.7 Å². The summed E-state index contributed by atoms with van der Waals surface area (Å²) >= 11 is 0.